The summed E-state index contributed by atoms with van der Waals surface area (Å²) in [6, 6.07) is 17.2. The van der Waals surface area contributed by atoms with Crippen LogP contribution in [0.15, 0.2) is 195 Å². The molecule has 1 spiro atoms. The van der Waals surface area contributed by atoms with Crippen molar-refractivity contribution in [1.29, 1.82) is 0 Å². The highest BCUT2D eigenvalue weighted by Gasteiger charge is 2.50. The van der Waals surface area contributed by atoms with Crippen molar-refractivity contribution in [2.75, 3.05) is 96.2 Å². The van der Waals surface area contributed by atoms with Gasteiger partial charge in [-0.1, -0.05) is 102 Å². The summed E-state index contributed by atoms with van der Waals surface area (Å²) in [6.07, 6.45) is 13.1. The molecule has 110 heavy (non-hydrogen) atoms. The van der Waals surface area contributed by atoms with E-state index in [0.29, 0.717) is 125 Å². The van der Waals surface area contributed by atoms with Gasteiger partial charge in [0.2, 0.25) is 5.91 Å². The molecule has 5 fully saturated rings. The lowest BCUT2D eigenvalue weighted by Gasteiger charge is -2.48. The smallest absolute Gasteiger partial charge is 0.258 e. The minimum Gasteiger partial charge on any atom is -0.496 e. The van der Waals surface area contributed by atoms with Crippen molar-refractivity contribution in [3.63, 3.8) is 0 Å². The van der Waals surface area contributed by atoms with E-state index in [2.05, 4.69) is 73.6 Å². The van der Waals surface area contributed by atoms with Crippen LogP contribution in [0, 0.1) is 26.2 Å². The number of piperazine rings is 2. The standard InChI is InChI=1S/C27H28N4O3S3.C26H26N4O4S3.C26H28N4O3S3/c1-5-17(3)31-19-6-7-20(31)14-30(13-19)26(33)21-11-23(16(2)10-22(21)34-4)36-24-12-28-27(37-24)29-25(32)18-8-9-35-15-18;1-4-21(31)29-7-6-26(13-29)14-30(15-26)24(33)18-10-20(16(2)9-19(18)34-3)36-22-11-27-25(37-22)28-23(32)17-5-8-35-12-17;1-6-17(3)29-8-9-30(18(4)14-29)25(32)20-12-22(16(2)11-21(20)33-5)35-23-13-27-26(36-23)28-24(31)19-7-10-34-15-19/h5,8-12,15,19-20H,1,3,6-7,13-14H2,2,4H3,(H,28,29,32);4-5,8-12H,1,6-7,13-15H2,2-3H3,(H,27,28,32);6-7,10-13,15,18H,1,3,8-9,14H2,2,4-5H3,(H,27,28,31)/t19-,20+;;18-/m..0/s1. The topological polar surface area (TPSA) is 241 Å². The number of nitrogens with one attached hydrogen (secondary N) is 3. The van der Waals surface area contributed by atoms with Gasteiger partial charge in [-0.15, -0.1) is 0 Å². The van der Waals surface area contributed by atoms with Crippen LogP contribution < -0.4 is 30.2 Å². The van der Waals surface area contributed by atoms with Crippen molar-refractivity contribution >= 4 is 160 Å². The van der Waals surface area contributed by atoms with Gasteiger partial charge in [-0.05, 0) is 153 Å². The van der Waals surface area contributed by atoms with Gasteiger partial charge in [-0.2, -0.15) is 34.0 Å². The van der Waals surface area contributed by atoms with Gasteiger partial charge in [0.25, 0.3) is 35.4 Å². The van der Waals surface area contributed by atoms with Crippen LogP contribution in [0.1, 0.15) is 105 Å². The zero-order valence-electron chi connectivity index (χ0n) is 61.7. The SMILES string of the molecule is C=CC(=C)N1CCN(C(=O)c2cc(Sc3cnc(NC(=O)c4ccsc4)s3)c(C)cc2OC)[C@@H](C)C1.C=CC(=C)N1[C@@H]2CC[C@H]1CN(C(=O)c1cc(Sc3cnc(NC(=O)c4ccsc4)s3)c(C)cc1OC)C2.C=CC(=O)N1CCC2(C1)CN(C(=O)c1cc(Sc3cnc(NC(=O)c4ccsc4)s3)c(C)cc1OC)C2. The Morgan fingerprint density at radius 3 is 1.28 bits per heavy atom. The Morgan fingerprint density at radius 2 is 0.909 bits per heavy atom. The first kappa shape index (κ1) is 80.2. The molecule has 7 amide bonds. The first-order chi connectivity index (χ1) is 53.0. The van der Waals surface area contributed by atoms with Crippen LogP contribution in [-0.4, -0.2) is 184 Å². The Hall–Kier alpha value is -9.31. The number of aryl methyl sites for hydroxylation is 3. The second kappa shape index (κ2) is 35.8. The molecule has 11 heterocycles. The average molecular weight is 1650 g/mol. The van der Waals surface area contributed by atoms with Gasteiger partial charge in [0, 0.05) is 125 Å². The summed E-state index contributed by atoms with van der Waals surface area (Å²) in [4.78, 5) is 118. The Bertz CT molecular complexity index is 4950. The van der Waals surface area contributed by atoms with Gasteiger partial charge in [0.1, 0.15) is 17.2 Å². The van der Waals surface area contributed by atoms with E-state index in [1.165, 1.54) is 109 Å². The summed E-state index contributed by atoms with van der Waals surface area (Å²) in [6.45, 7) is 33.3. The predicted molar refractivity (Wildman–Crippen MR) is 444 cm³/mol. The zero-order chi connectivity index (χ0) is 78.1. The van der Waals surface area contributed by atoms with E-state index in [-0.39, 0.29) is 64.9 Å². The fraction of sp³-hybridized carbons (Fsp3) is 0.291. The van der Waals surface area contributed by atoms with Crippen LogP contribution in [0.3, 0.4) is 0 Å². The number of anilines is 3. The third-order valence-electron chi connectivity index (χ3n) is 19.4. The molecule has 14 rings (SSSR count). The number of amides is 7. The van der Waals surface area contributed by atoms with E-state index in [9.17, 15) is 33.6 Å². The number of thiophene rings is 3. The van der Waals surface area contributed by atoms with Gasteiger partial charge in [0.15, 0.2) is 15.4 Å². The largest absolute Gasteiger partial charge is 0.496 e. The maximum absolute atomic E-state index is 13.7. The molecule has 0 unspecified atom stereocenters. The molecule has 572 valence electrons. The molecule has 6 aromatic heterocycles. The molecule has 22 nitrogen and oxygen atoms in total. The molecule has 5 saturated heterocycles. The molecule has 0 aliphatic carbocycles. The molecular formula is C79H82N12O10S9. The summed E-state index contributed by atoms with van der Waals surface area (Å²) >= 11 is 13.1. The van der Waals surface area contributed by atoms with Crippen molar-refractivity contribution in [3.8, 4) is 17.2 Å². The number of hydrogen-bond acceptors (Lipinski definition) is 24. The molecule has 5 aliphatic rings. The maximum Gasteiger partial charge on any atom is 0.258 e. The van der Waals surface area contributed by atoms with Crippen LogP contribution >= 0.6 is 103 Å². The van der Waals surface area contributed by atoms with Gasteiger partial charge in [-0.3, -0.25) is 49.5 Å². The molecule has 3 aromatic carbocycles. The summed E-state index contributed by atoms with van der Waals surface area (Å²) in [7, 11) is 4.75. The zero-order valence-corrected chi connectivity index (χ0v) is 69.0. The highest BCUT2D eigenvalue weighted by molar-refractivity contribution is 8.01. The van der Waals surface area contributed by atoms with Crippen molar-refractivity contribution in [2.24, 2.45) is 5.41 Å². The number of aromatic nitrogens is 3. The van der Waals surface area contributed by atoms with Crippen molar-refractivity contribution in [1.82, 2.24) is 44.4 Å². The Balaban J connectivity index is 0.000000154. The maximum atomic E-state index is 13.7. The van der Waals surface area contributed by atoms with Crippen molar-refractivity contribution < 1.29 is 47.8 Å². The second-order valence-corrected chi connectivity index (χ2v) is 36.1. The van der Waals surface area contributed by atoms with Gasteiger partial charge in [0.05, 0.1) is 85.9 Å². The highest BCUT2D eigenvalue weighted by Crippen LogP contribution is 2.45. The Morgan fingerprint density at radius 1 is 0.509 bits per heavy atom. The minimum atomic E-state index is -0.188. The normalized spacial score (nSPS) is 16.7. The summed E-state index contributed by atoms with van der Waals surface area (Å²) in [5.74, 6) is 0.915. The molecular weight excluding hydrogens is 1570 g/mol. The molecule has 3 N–H and O–H groups in total. The quantitative estimate of drug-likeness (QED) is 0.0398. The first-order valence-electron chi connectivity index (χ1n) is 34.9. The van der Waals surface area contributed by atoms with Gasteiger partial charge >= 0.3 is 0 Å². The van der Waals surface area contributed by atoms with Crippen molar-refractivity contribution in [2.45, 2.75) is 92.4 Å². The van der Waals surface area contributed by atoms with Gasteiger partial charge < -0.3 is 43.6 Å². The molecule has 9 aromatic rings. The van der Waals surface area contributed by atoms with E-state index in [1.807, 2.05) is 99.8 Å². The number of carbonyl (C=O) groups excluding carboxylic acids is 7. The van der Waals surface area contributed by atoms with Crippen LogP contribution in [-0.2, 0) is 4.79 Å². The van der Waals surface area contributed by atoms with Crippen LogP contribution in [0.2, 0.25) is 0 Å². The number of rotatable bonds is 23. The van der Waals surface area contributed by atoms with Crippen molar-refractivity contribution in [3.05, 3.63) is 218 Å². The molecule has 0 radical (unpaired) electrons. The number of ether oxygens (including phenoxy) is 3. The lowest BCUT2D eigenvalue weighted by atomic mass is 9.78. The lowest BCUT2D eigenvalue weighted by Crippen LogP contribution is -2.59. The summed E-state index contributed by atoms with van der Waals surface area (Å²) in [5.41, 5.74) is 8.18. The number of benzene rings is 3. The molecule has 3 atom stereocenters. The number of nitrogens with zero attached hydrogens (tertiary/aromatic N) is 9. The van der Waals surface area contributed by atoms with Crippen LogP contribution in [0.5, 0.6) is 17.2 Å². The number of thiazole rings is 3. The van der Waals surface area contributed by atoms with Crippen LogP contribution in [0.25, 0.3) is 0 Å². The fourth-order valence-corrected chi connectivity index (χ4v) is 21.4. The number of carbonyl (C=O) groups is 7. The van der Waals surface area contributed by atoms with E-state index < -0.39 is 0 Å². The summed E-state index contributed by atoms with van der Waals surface area (Å²) < 4.78 is 19.5. The van der Waals surface area contributed by atoms with E-state index in [4.69, 9.17) is 14.2 Å². The van der Waals surface area contributed by atoms with Gasteiger partial charge in [-0.25, -0.2) is 15.0 Å². The second-order valence-electron chi connectivity index (χ2n) is 26.7. The first-order valence-corrected chi connectivity index (χ1v) is 42.7. The number of hydrogen-bond donors (Lipinski definition) is 3. The van der Waals surface area contributed by atoms with Crippen LogP contribution in [0.4, 0.5) is 15.4 Å². The molecule has 0 saturated carbocycles. The van der Waals surface area contributed by atoms with E-state index in [0.717, 1.165) is 74.7 Å². The number of allylic oxidation sites excluding steroid dienone is 2. The van der Waals surface area contributed by atoms with E-state index >= 15 is 0 Å². The fourth-order valence-electron chi connectivity index (χ4n) is 13.6. The third kappa shape index (κ3) is 18.5. The summed E-state index contributed by atoms with van der Waals surface area (Å²) in [5, 5.41) is 21.1. The third-order valence-corrected chi connectivity index (χ3v) is 28.0. The number of likely N-dealkylation sites (tertiary alicyclic amines) is 3. The highest BCUT2D eigenvalue weighted by atomic mass is 32.2. The lowest BCUT2D eigenvalue weighted by molar-refractivity contribution is -0.125. The predicted octanol–water partition coefficient (Wildman–Crippen LogP) is 16.5. The van der Waals surface area contributed by atoms with E-state index in [1.54, 1.807) is 86.4 Å². The molecule has 31 heteroatoms. The Kier molecular flexibility index (Phi) is 26.1. The molecule has 2 bridgehead atoms. The monoisotopic (exact) mass is 1650 g/mol. The number of fused-ring (bicyclic) bond motifs is 2. The number of methoxy groups -OCH3 is 3. The minimum absolute atomic E-state index is 0.0148. The molecule has 5 aliphatic heterocycles. The Labute approximate surface area is 676 Å². The average Bonchev–Trinajstić information content (AvgIpc) is 1.54.